The average Bonchev–Trinajstić information content (AvgIpc) is 3.13. The first-order valence-corrected chi connectivity index (χ1v) is 14.2. The number of ether oxygens (including phenoxy) is 1. The van der Waals surface area contributed by atoms with E-state index in [0.29, 0.717) is 10.8 Å². The van der Waals surface area contributed by atoms with Gasteiger partial charge < -0.3 is 35.2 Å². The zero-order chi connectivity index (χ0) is 28.1. The Kier molecular flexibility index (Phi) is 7.93. The molecule has 2 aromatic heterocycles. The zero-order valence-corrected chi connectivity index (χ0v) is 21.1. The number of aromatic amines is 1. The number of nitrogen functional groups attached to an aromatic ring is 1. The molecule has 7 atom stereocenters. The molecule has 0 amide bonds. The van der Waals surface area contributed by atoms with Crippen molar-refractivity contribution in [3.8, 4) is 11.8 Å². The standard InChI is InChI=1S/C15H19F2N4O13P3/c1-3-4-15(17)10(22)9(6(2)32-36(27,28)34-37(29,30)33-35(24,25)26)31-13(15)21-5-7(16)8-11(21)19-14(18)20-12(8)23/h5-6,9-10,13,22H,1-2H3,(H,27,28)(H,29,30)(H2,24,25,26)(H3,18,19,20,23)/t6-,9-,10+,13-,15?/m1/s1. The second kappa shape index (κ2) is 9.93. The molecule has 1 saturated heterocycles. The Morgan fingerprint density at radius 3 is 2.46 bits per heavy atom. The Balaban J connectivity index is 1.96. The van der Waals surface area contributed by atoms with Crippen molar-refractivity contribution >= 4 is 40.4 Å². The molecule has 0 saturated carbocycles. The Labute approximate surface area is 204 Å². The number of phosphoric acid groups is 3. The molecule has 1 aliphatic heterocycles. The smallest absolute Gasteiger partial charge is 0.386 e. The fourth-order valence-corrected chi connectivity index (χ4v) is 6.75. The Morgan fingerprint density at radius 2 is 1.89 bits per heavy atom. The van der Waals surface area contributed by atoms with E-state index in [0.717, 1.165) is 6.92 Å². The Bertz CT molecular complexity index is 1480. The predicted octanol–water partition coefficient (Wildman–Crippen LogP) is 0.168. The number of aromatic nitrogens is 3. The van der Waals surface area contributed by atoms with Crippen molar-refractivity contribution in [2.45, 2.75) is 44.1 Å². The molecule has 1 fully saturated rings. The van der Waals surface area contributed by atoms with Gasteiger partial charge in [0.1, 0.15) is 17.6 Å². The molecule has 3 rings (SSSR count). The number of fused-ring (bicyclic) bond motifs is 1. The van der Waals surface area contributed by atoms with Crippen molar-refractivity contribution in [1.29, 1.82) is 0 Å². The number of nitrogens with zero attached hydrogens (tertiary/aromatic N) is 2. The monoisotopic (exact) mass is 594 g/mol. The van der Waals surface area contributed by atoms with Gasteiger partial charge in [0.2, 0.25) is 11.6 Å². The highest BCUT2D eigenvalue weighted by atomic mass is 31.3. The van der Waals surface area contributed by atoms with E-state index >= 15 is 4.39 Å². The minimum absolute atomic E-state index is 0.473. The molecule has 0 aliphatic carbocycles. The fourth-order valence-electron chi connectivity index (χ4n) is 3.55. The van der Waals surface area contributed by atoms with Gasteiger partial charge in [-0.25, -0.2) is 22.5 Å². The number of anilines is 1. The quantitative estimate of drug-likeness (QED) is 0.159. The average molecular weight is 594 g/mol. The van der Waals surface area contributed by atoms with Gasteiger partial charge in [-0.2, -0.15) is 13.6 Å². The second-order valence-electron chi connectivity index (χ2n) is 7.48. The van der Waals surface area contributed by atoms with Gasteiger partial charge in [0.15, 0.2) is 17.7 Å². The minimum Gasteiger partial charge on any atom is -0.386 e. The highest BCUT2D eigenvalue weighted by Crippen LogP contribution is 2.66. The van der Waals surface area contributed by atoms with Crippen LogP contribution in [0.4, 0.5) is 14.7 Å². The van der Waals surface area contributed by atoms with E-state index in [4.69, 9.17) is 20.3 Å². The number of alkyl halides is 1. The fraction of sp³-hybridized carbons (Fsp3) is 0.467. The van der Waals surface area contributed by atoms with Gasteiger partial charge in [-0.05, 0) is 13.8 Å². The van der Waals surface area contributed by atoms with E-state index in [9.17, 15) is 37.8 Å². The lowest BCUT2D eigenvalue weighted by Gasteiger charge is -2.25. The number of H-pyrrole nitrogens is 1. The number of hydrogen-bond donors (Lipinski definition) is 7. The zero-order valence-electron chi connectivity index (χ0n) is 18.5. The third-order valence-corrected chi connectivity index (χ3v) is 8.71. The van der Waals surface area contributed by atoms with Crippen LogP contribution in [-0.2, 0) is 31.6 Å². The molecule has 8 N–H and O–H groups in total. The van der Waals surface area contributed by atoms with Crippen LogP contribution in [0.2, 0.25) is 0 Å². The van der Waals surface area contributed by atoms with Crippen LogP contribution in [0.3, 0.4) is 0 Å². The summed E-state index contributed by atoms with van der Waals surface area (Å²) in [5.41, 5.74) is 0.885. The summed E-state index contributed by atoms with van der Waals surface area (Å²) in [6, 6.07) is 0. The summed E-state index contributed by atoms with van der Waals surface area (Å²) in [7, 11) is -17.2. The topological polar surface area (TPSA) is 266 Å². The summed E-state index contributed by atoms with van der Waals surface area (Å²) < 4.78 is 82.9. The molecule has 2 aromatic rings. The van der Waals surface area contributed by atoms with Crippen LogP contribution in [0.5, 0.6) is 0 Å². The third kappa shape index (κ3) is 6.18. The lowest BCUT2D eigenvalue weighted by atomic mass is 9.94. The molecule has 1 aliphatic rings. The van der Waals surface area contributed by atoms with Crippen LogP contribution in [0.15, 0.2) is 11.0 Å². The number of rotatable bonds is 8. The summed E-state index contributed by atoms with van der Waals surface area (Å²) in [6.07, 6.45) is -7.52. The van der Waals surface area contributed by atoms with Crippen LogP contribution in [0.1, 0.15) is 20.1 Å². The molecule has 0 radical (unpaired) electrons. The largest absolute Gasteiger partial charge is 0.490 e. The number of hydrogen-bond acceptors (Lipinski definition) is 11. The number of aliphatic hydroxyl groups is 1. The summed E-state index contributed by atoms with van der Waals surface area (Å²) in [5, 5.41) is 10.0. The van der Waals surface area contributed by atoms with Crippen molar-refractivity contribution < 1.29 is 65.0 Å². The number of aliphatic hydroxyl groups excluding tert-OH is 1. The number of nitrogens with two attached hydrogens (primary N) is 1. The lowest BCUT2D eigenvalue weighted by Crippen LogP contribution is -2.44. The SMILES string of the molecule is CC#CC1(F)[C@@H](O)[C@@H]([C@@H](C)OP(=O)(O)OP(=O)(O)OP(=O)(O)O)O[C@H]1n1cc(F)c2c(=O)[nH]c(N)nc21. The van der Waals surface area contributed by atoms with Gasteiger partial charge in [-0.15, -0.1) is 5.92 Å². The molecule has 206 valence electrons. The lowest BCUT2D eigenvalue weighted by molar-refractivity contribution is -0.0753. The van der Waals surface area contributed by atoms with Gasteiger partial charge in [0.25, 0.3) is 5.56 Å². The molecule has 0 spiro atoms. The maximum absolute atomic E-state index is 16.0. The van der Waals surface area contributed by atoms with Crippen molar-refractivity contribution in [2.24, 2.45) is 0 Å². The third-order valence-electron chi connectivity index (χ3n) is 4.79. The molecule has 37 heavy (non-hydrogen) atoms. The molecule has 17 nitrogen and oxygen atoms in total. The summed E-state index contributed by atoms with van der Waals surface area (Å²) in [4.78, 5) is 54.1. The van der Waals surface area contributed by atoms with E-state index in [1.165, 1.54) is 6.92 Å². The van der Waals surface area contributed by atoms with Crippen molar-refractivity contribution in [1.82, 2.24) is 14.5 Å². The maximum Gasteiger partial charge on any atom is 0.490 e. The highest BCUT2D eigenvalue weighted by Gasteiger charge is 2.60. The summed E-state index contributed by atoms with van der Waals surface area (Å²) >= 11 is 0. The molecule has 3 unspecified atom stereocenters. The number of nitrogens with one attached hydrogen (secondary N) is 1. The van der Waals surface area contributed by atoms with E-state index < -0.39 is 82.0 Å². The van der Waals surface area contributed by atoms with Crippen molar-refractivity contribution in [2.75, 3.05) is 5.73 Å². The molecular formula is C15H19F2N4O13P3. The van der Waals surface area contributed by atoms with E-state index in [1.807, 2.05) is 10.9 Å². The van der Waals surface area contributed by atoms with E-state index in [1.54, 1.807) is 0 Å². The highest BCUT2D eigenvalue weighted by molar-refractivity contribution is 7.66. The molecule has 22 heteroatoms. The molecule has 0 aromatic carbocycles. The summed E-state index contributed by atoms with van der Waals surface area (Å²) in [5.74, 6) is 2.61. The number of halogens is 2. The maximum atomic E-state index is 16.0. The predicted molar refractivity (Wildman–Crippen MR) is 116 cm³/mol. The van der Waals surface area contributed by atoms with E-state index in [2.05, 4.69) is 24.0 Å². The Hall–Kier alpha value is -2.03. The van der Waals surface area contributed by atoms with Crippen LogP contribution >= 0.6 is 23.5 Å². The Morgan fingerprint density at radius 1 is 1.27 bits per heavy atom. The van der Waals surface area contributed by atoms with Crippen LogP contribution in [0, 0.1) is 17.7 Å². The first-order chi connectivity index (χ1) is 16.8. The number of phosphoric ester groups is 1. The van der Waals surface area contributed by atoms with Crippen LogP contribution in [0.25, 0.3) is 11.0 Å². The van der Waals surface area contributed by atoms with Crippen LogP contribution < -0.4 is 11.3 Å². The minimum atomic E-state index is -5.87. The summed E-state index contributed by atoms with van der Waals surface area (Å²) in [6.45, 7) is 2.10. The second-order valence-corrected chi connectivity index (χ2v) is 11.8. The first-order valence-electron chi connectivity index (χ1n) is 9.64. The first kappa shape index (κ1) is 29.5. The van der Waals surface area contributed by atoms with Gasteiger partial charge in [-0.3, -0.25) is 18.9 Å². The normalized spacial score (nSPS) is 28.3. The van der Waals surface area contributed by atoms with Gasteiger partial charge in [0, 0.05) is 6.20 Å². The van der Waals surface area contributed by atoms with Gasteiger partial charge in [0.05, 0.1) is 6.10 Å². The van der Waals surface area contributed by atoms with Crippen molar-refractivity contribution in [3.63, 3.8) is 0 Å². The van der Waals surface area contributed by atoms with E-state index in [-0.39, 0.29) is 0 Å². The van der Waals surface area contributed by atoms with Gasteiger partial charge >= 0.3 is 23.5 Å². The molecule has 3 heterocycles. The molecule has 0 bridgehead atoms. The van der Waals surface area contributed by atoms with Gasteiger partial charge in [-0.1, -0.05) is 5.92 Å². The molecular weight excluding hydrogens is 575 g/mol. The van der Waals surface area contributed by atoms with Crippen molar-refractivity contribution in [3.05, 3.63) is 22.4 Å². The van der Waals surface area contributed by atoms with Crippen LogP contribution in [-0.4, -0.2) is 63.2 Å².